The molecule has 0 bridgehead atoms. The van der Waals surface area contributed by atoms with Crippen molar-refractivity contribution in [2.24, 2.45) is 11.8 Å². The van der Waals surface area contributed by atoms with Gasteiger partial charge in [-0.3, -0.25) is 4.79 Å². The first-order valence-corrected chi connectivity index (χ1v) is 7.38. The molecule has 0 fully saturated rings. The quantitative estimate of drug-likeness (QED) is 0.698. The fourth-order valence-corrected chi connectivity index (χ4v) is 2.08. The van der Waals surface area contributed by atoms with Gasteiger partial charge in [0.1, 0.15) is 5.92 Å². The smallest absolute Gasteiger partial charge is 0.237 e. The van der Waals surface area contributed by atoms with Gasteiger partial charge in [-0.1, -0.05) is 27.7 Å². The molecule has 0 aliphatic rings. The highest BCUT2D eigenvalue weighted by Crippen LogP contribution is 2.10. The number of carbonyl (C=O) groups is 1. The highest BCUT2D eigenvalue weighted by atomic mass is 16.1. The molecular weight excluding hydrogens is 238 g/mol. The third kappa shape index (κ3) is 7.17. The molecule has 4 heteroatoms. The molecule has 0 saturated carbocycles. The maximum atomic E-state index is 11.9. The van der Waals surface area contributed by atoms with Gasteiger partial charge in [-0.2, -0.15) is 5.26 Å². The monoisotopic (exact) mass is 267 g/mol. The Kier molecular flexibility index (Phi) is 9.24. The molecule has 1 amide bonds. The van der Waals surface area contributed by atoms with Crippen molar-refractivity contribution in [3.8, 4) is 6.07 Å². The summed E-state index contributed by atoms with van der Waals surface area (Å²) in [4.78, 5) is 14.3. The first kappa shape index (κ1) is 17.9. The molecule has 2 atom stereocenters. The summed E-state index contributed by atoms with van der Waals surface area (Å²) in [6, 6.07) is 2.22. The minimum atomic E-state index is -0.537. The van der Waals surface area contributed by atoms with Crippen LogP contribution in [0.2, 0.25) is 0 Å². The summed E-state index contributed by atoms with van der Waals surface area (Å²) < 4.78 is 0. The van der Waals surface area contributed by atoms with Crippen LogP contribution in [0.15, 0.2) is 0 Å². The molecule has 0 aromatic heterocycles. The molecule has 110 valence electrons. The van der Waals surface area contributed by atoms with Crippen LogP contribution in [0, 0.1) is 23.2 Å². The molecule has 0 aromatic carbocycles. The molecular formula is C15H29N3O. The highest BCUT2D eigenvalue weighted by molar-refractivity contribution is 5.81. The average molecular weight is 267 g/mol. The highest BCUT2D eigenvalue weighted by Gasteiger charge is 2.22. The van der Waals surface area contributed by atoms with E-state index < -0.39 is 5.92 Å². The van der Waals surface area contributed by atoms with Gasteiger partial charge in [0, 0.05) is 6.04 Å². The molecule has 0 heterocycles. The summed E-state index contributed by atoms with van der Waals surface area (Å²) >= 11 is 0. The van der Waals surface area contributed by atoms with Gasteiger partial charge in [0.05, 0.1) is 6.07 Å². The fraction of sp³-hybridized carbons (Fsp3) is 0.867. The molecule has 1 N–H and O–H groups in total. The number of amides is 1. The Labute approximate surface area is 118 Å². The van der Waals surface area contributed by atoms with E-state index >= 15 is 0 Å². The SMILES string of the molecule is CCN(CC)CCCC(C)NC(=O)C(C#N)C(C)C. The third-order valence-corrected chi connectivity index (χ3v) is 3.48. The van der Waals surface area contributed by atoms with E-state index in [9.17, 15) is 4.79 Å². The lowest BCUT2D eigenvalue weighted by Crippen LogP contribution is -2.39. The maximum absolute atomic E-state index is 11.9. The Balaban J connectivity index is 4.01. The molecule has 0 spiro atoms. The Morgan fingerprint density at radius 2 is 1.84 bits per heavy atom. The van der Waals surface area contributed by atoms with Crippen LogP contribution in [0.4, 0.5) is 0 Å². The van der Waals surface area contributed by atoms with Crippen molar-refractivity contribution in [2.75, 3.05) is 19.6 Å². The van der Waals surface area contributed by atoms with Crippen molar-refractivity contribution < 1.29 is 4.79 Å². The van der Waals surface area contributed by atoms with Crippen LogP contribution in [-0.4, -0.2) is 36.5 Å². The lowest BCUT2D eigenvalue weighted by molar-refractivity contribution is -0.125. The van der Waals surface area contributed by atoms with E-state index in [0.29, 0.717) is 0 Å². The van der Waals surface area contributed by atoms with Crippen molar-refractivity contribution in [3.05, 3.63) is 0 Å². The zero-order valence-electron chi connectivity index (χ0n) is 13.1. The van der Waals surface area contributed by atoms with E-state index in [1.54, 1.807) is 0 Å². The number of rotatable bonds is 9. The van der Waals surface area contributed by atoms with Gasteiger partial charge in [-0.15, -0.1) is 0 Å². The number of nitriles is 1. The van der Waals surface area contributed by atoms with Crippen molar-refractivity contribution in [1.82, 2.24) is 10.2 Å². The Hall–Kier alpha value is -1.08. The normalized spacial score (nSPS) is 14.2. The molecule has 0 aliphatic heterocycles. The van der Waals surface area contributed by atoms with E-state index in [4.69, 9.17) is 5.26 Å². The predicted molar refractivity (Wildman–Crippen MR) is 78.6 cm³/mol. The minimum Gasteiger partial charge on any atom is -0.353 e. The molecule has 0 aliphatic carbocycles. The van der Waals surface area contributed by atoms with Crippen LogP contribution in [0.1, 0.15) is 47.5 Å². The van der Waals surface area contributed by atoms with Gasteiger partial charge in [0.25, 0.3) is 0 Å². The van der Waals surface area contributed by atoms with Gasteiger partial charge in [0.15, 0.2) is 0 Å². The molecule has 4 nitrogen and oxygen atoms in total. The van der Waals surface area contributed by atoms with Crippen LogP contribution >= 0.6 is 0 Å². The molecule has 0 saturated heterocycles. The standard InChI is InChI=1S/C15H29N3O/c1-6-18(7-2)10-8-9-13(5)17-15(19)14(11-16)12(3)4/h12-14H,6-10H2,1-5H3,(H,17,19). The number of hydrogen-bond donors (Lipinski definition) is 1. The number of nitrogens with one attached hydrogen (secondary N) is 1. The van der Waals surface area contributed by atoms with Gasteiger partial charge >= 0.3 is 0 Å². The Bertz CT molecular complexity index is 292. The lowest BCUT2D eigenvalue weighted by atomic mass is 9.96. The summed E-state index contributed by atoms with van der Waals surface area (Å²) in [6.45, 7) is 13.3. The van der Waals surface area contributed by atoms with Crippen molar-refractivity contribution in [3.63, 3.8) is 0 Å². The lowest BCUT2D eigenvalue weighted by Gasteiger charge is -2.21. The summed E-state index contributed by atoms with van der Waals surface area (Å²) in [7, 11) is 0. The summed E-state index contributed by atoms with van der Waals surface area (Å²) in [6.07, 6.45) is 2.03. The second-order valence-electron chi connectivity index (χ2n) is 5.43. The predicted octanol–water partition coefficient (Wildman–Crippen LogP) is 2.41. The first-order chi connectivity index (χ1) is 8.96. The van der Waals surface area contributed by atoms with Gasteiger partial charge in [-0.05, 0) is 45.3 Å². The summed E-state index contributed by atoms with van der Waals surface area (Å²) in [5.41, 5.74) is 0. The van der Waals surface area contributed by atoms with Gasteiger partial charge < -0.3 is 10.2 Å². The van der Waals surface area contributed by atoms with E-state index in [2.05, 4.69) is 30.1 Å². The Morgan fingerprint density at radius 3 is 2.26 bits per heavy atom. The first-order valence-electron chi connectivity index (χ1n) is 7.38. The van der Waals surface area contributed by atoms with Crippen LogP contribution in [0.5, 0.6) is 0 Å². The van der Waals surface area contributed by atoms with Crippen molar-refractivity contribution >= 4 is 5.91 Å². The number of hydrogen-bond acceptors (Lipinski definition) is 3. The van der Waals surface area contributed by atoms with E-state index in [1.165, 1.54) is 0 Å². The van der Waals surface area contributed by atoms with E-state index in [-0.39, 0.29) is 17.9 Å². The zero-order valence-corrected chi connectivity index (χ0v) is 13.1. The topological polar surface area (TPSA) is 56.1 Å². The largest absolute Gasteiger partial charge is 0.353 e. The van der Waals surface area contributed by atoms with Crippen LogP contribution < -0.4 is 5.32 Å². The van der Waals surface area contributed by atoms with E-state index in [1.807, 2.05) is 20.8 Å². The zero-order chi connectivity index (χ0) is 14.8. The molecule has 0 rings (SSSR count). The maximum Gasteiger partial charge on any atom is 0.237 e. The van der Waals surface area contributed by atoms with Crippen molar-refractivity contribution in [1.29, 1.82) is 5.26 Å². The molecule has 19 heavy (non-hydrogen) atoms. The average Bonchev–Trinajstić information content (AvgIpc) is 2.34. The van der Waals surface area contributed by atoms with Gasteiger partial charge in [0.2, 0.25) is 5.91 Å². The van der Waals surface area contributed by atoms with Crippen LogP contribution in [0.3, 0.4) is 0 Å². The van der Waals surface area contributed by atoms with Crippen molar-refractivity contribution in [2.45, 2.75) is 53.5 Å². The Morgan fingerprint density at radius 1 is 1.26 bits per heavy atom. The third-order valence-electron chi connectivity index (χ3n) is 3.48. The molecule has 2 unspecified atom stereocenters. The number of nitrogens with zero attached hydrogens (tertiary/aromatic N) is 2. The van der Waals surface area contributed by atoms with Gasteiger partial charge in [-0.25, -0.2) is 0 Å². The summed E-state index contributed by atoms with van der Waals surface area (Å²) in [5, 5.41) is 11.9. The minimum absolute atomic E-state index is 0.0628. The van der Waals surface area contributed by atoms with Crippen LogP contribution in [0.25, 0.3) is 0 Å². The fourth-order valence-electron chi connectivity index (χ4n) is 2.08. The number of carbonyl (C=O) groups excluding carboxylic acids is 1. The summed E-state index contributed by atoms with van der Waals surface area (Å²) in [5.74, 6) is -0.606. The van der Waals surface area contributed by atoms with Crippen LogP contribution in [-0.2, 0) is 4.79 Å². The van der Waals surface area contributed by atoms with E-state index in [0.717, 1.165) is 32.5 Å². The second-order valence-corrected chi connectivity index (χ2v) is 5.43. The second kappa shape index (κ2) is 9.80. The molecule has 0 radical (unpaired) electrons. The molecule has 0 aromatic rings.